The maximum atomic E-state index is 5.76. The van der Waals surface area contributed by atoms with Gasteiger partial charge in [0.05, 0.1) is 26.9 Å². The highest BCUT2D eigenvalue weighted by Crippen LogP contribution is 2.25. The summed E-state index contributed by atoms with van der Waals surface area (Å²) < 4.78 is 22.3. The van der Waals surface area contributed by atoms with Gasteiger partial charge in [0.2, 0.25) is 0 Å². The van der Waals surface area contributed by atoms with Crippen LogP contribution in [-0.2, 0) is 16.0 Å². The summed E-state index contributed by atoms with van der Waals surface area (Å²) in [4.78, 5) is 9.64. The Kier molecular flexibility index (Phi) is 13.2. The van der Waals surface area contributed by atoms with Crippen LogP contribution in [0.15, 0.2) is 23.2 Å². The summed E-state index contributed by atoms with van der Waals surface area (Å²) in [6, 6.07) is 5.98. The van der Waals surface area contributed by atoms with Crippen molar-refractivity contribution in [3.63, 3.8) is 0 Å². The van der Waals surface area contributed by atoms with Crippen molar-refractivity contribution in [1.82, 2.24) is 15.1 Å². The van der Waals surface area contributed by atoms with Crippen molar-refractivity contribution in [2.75, 3.05) is 73.3 Å². The third kappa shape index (κ3) is 9.11. The largest absolute Gasteiger partial charge is 0.497 e. The van der Waals surface area contributed by atoms with Gasteiger partial charge in [-0.25, -0.2) is 0 Å². The van der Waals surface area contributed by atoms with Gasteiger partial charge in [-0.15, -0.1) is 24.0 Å². The number of halogens is 1. The molecule has 1 atom stereocenters. The van der Waals surface area contributed by atoms with Gasteiger partial charge in [-0.3, -0.25) is 9.89 Å². The summed E-state index contributed by atoms with van der Waals surface area (Å²) in [6.45, 7) is 10.8. The van der Waals surface area contributed by atoms with Gasteiger partial charge in [-0.05, 0) is 44.4 Å². The SMILES string of the molecule is CCNC(=NCCCOCC1CCCO1)N1CCN(Cc2cc(OC)ccc2OC)CC1.I. The van der Waals surface area contributed by atoms with E-state index in [0.29, 0.717) is 12.7 Å². The number of hydrogen-bond acceptors (Lipinski definition) is 6. The molecule has 2 fully saturated rings. The maximum Gasteiger partial charge on any atom is 0.194 e. The fourth-order valence-corrected chi connectivity index (χ4v) is 4.13. The second kappa shape index (κ2) is 15.6. The third-order valence-electron chi connectivity index (χ3n) is 5.92. The number of aliphatic imine (C=N–C) groups is 1. The van der Waals surface area contributed by atoms with Crippen LogP contribution in [0.25, 0.3) is 0 Å². The van der Waals surface area contributed by atoms with Crippen LogP contribution in [0.4, 0.5) is 0 Å². The highest BCUT2D eigenvalue weighted by Gasteiger charge is 2.21. The van der Waals surface area contributed by atoms with Gasteiger partial charge in [-0.2, -0.15) is 0 Å². The fourth-order valence-electron chi connectivity index (χ4n) is 4.13. The quantitative estimate of drug-likeness (QED) is 0.188. The van der Waals surface area contributed by atoms with Gasteiger partial charge in [0, 0.05) is 64.6 Å². The lowest BCUT2D eigenvalue weighted by Crippen LogP contribution is -2.52. The molecule has 2 aliphatic rings. The highest BCUT2D eigenvalue weighted by molar-refractivity contribution is 14.0. The van der Waals surface area contributed by atoms with Gasteiger partial charge in [0.1, 0.15) is 11.5 Å². The van der Waals surface area contributed by atoms with Crippen LogP contribution in [0.5, 0.6) is 11.5 Å². The molecule has 3 rings (SSSR count). The van der Waals surface area contributed by atoms with Crippen molar-refractivity contribution in [3.05, 3.63) is 23.8 Å². The first-order valence-corrected chi connectivity index (χ1v) is 11.9. The summed E-state index contributed by atoms with van der Waals surface area (Å²) in [7, 11) is 3.41. The normalized spacial score (nSPS) is 19.3. The number of benzene rings is 1. The Morgan fingerprint density at radius 2 is 2.00 bits per heavy atom. The van der Waals surface area contributed by atoms with Crippen LogP contribution in [0, 0.1) is 0 Å². The molecule has 9 heteroatoms. The van der Waals surface area contributed by atoms with E-state index in [1.165, 1.54) is 0 Å². The van der Waals surface area contributed by atoms with Gasteiger partial charge >= 0.3 is 0 Å². The number of guanidine groups is 1. The van der Waals surface area contributed by atoms with E-state index < -0.39 is 0 Å². The van der Waals surface area contributed by atoms with E-state index in [0.717, 1.165) is 101 Å². The van der Waals surface area contributed by atoms with E-state index in [1.54, 1.807) is 14.2 Å². The number of methoxy groups -OCH3 is 2. The van der Waals surface area contributed by atoms with E-state index in [-0.39, 0.29) is 24.0 Å². The molecule has 2 aliphatic heterocycles. The average molecular weight is 577 g/mol. The number of ether oxygens (including phenoxy) is 4. The molecule has 1 unspecified atom stereocenters. The van der Waals surface area contributed by atoms with Crippen LogP contribution in [0.2, 0.25) is 0 Å². The Morgan fingerprint density at radius 3 is 2.67 bits per heavy atom. The Labute approximate surface area is 216 Å². The molecule has 2 heterocycles. The first-order chi connectivity index (χ1) is 15.7. The smallest absolute Gasteiger partial charge is 0.194 e. The molecule has 0 amide bonds. The molecule has 0 aromatic heterocycles. The van der Waals surface area contributed by atoms with Gasteiger partial charge in [0.25, 0.3) is 0 Å². The van der Waals surface area contributed by atoms with E-state index in [9.17, 15) is 0 Å². The lowest BCUT2D eigenvalue weighted by Gasteiger charge is -2.36. The van der Waals surface area contributed by atoms with Crippen molar-refractivity contribution < 1.29 is 18.9 Å². The van der Waals surface area contributed by atoms with Crippen molar-refractivity contribution in [2.24, 2.45) is 4.99 Å². The molecule has 188 valence electrons. The zero-order valence-electron chi connectivity index (χ0n) is 20.4. The van der Waals surface area contributed by atoms with E-state index in [1.807, 2.05) is 12.1 Å². The zero-order chi connectivity index (χ0) is 22.6. The monoisotopic (exact) mass is 576 g/mol. The van der Waals surface area contributed by atoms with Crippen LogP contribution >= 0.6 is 24.0 Å². The maximum absolute atomic E-state index is 5.76. The van der Waals surface area contributed by atoms with Gasteiger partial charge in [0.15, 0.2) is 5.96 Å². The Morgan fingerprint density at radius 1 is 1.18 bits per heavy atom. The third-order valence-corrected chi connectivity index (χ3v) is 5.92. The predicted octanol–water partition coefficient (Wildman–Crippen LogP) is 2.99. The molecule has 1 aromatic rings. The molecule has 2 saturated heterocycles. The molecular formula is C24H41IN4O4. The number of piperazine rings is 1. The Bertz CT molecular complexity index is 708. The molecule has 33 heavy (non-hydrogen) atoms. The van der Waals surface area contributed by atoms with E-state index in [2.05, 4.69) is 28.1 Å². The van der Waals surface area contributed by atoms with Crippen molar-refractivity contribution in [2.45, 2.75) is 38.8 Å². The van der Waals surface area contributed by atoms with Crippen molar-refractivity contribution in [1.29, 1.82) is 0 Å². The summed E-state index contributed by atoms with van der Waals surface area (Å²) in [6.07, 6.45) is 3.50. The van der Waals surface area contributed by atoms with Crippen LogP contribution in [0.1, 0.15) is 31.7 Å². The van der Waals surface area contributed by atoms with Gasteiger partial charge < -0.3 is 29.2 Å². The van der Waals surface area contributed by atoms with Crippen LogP contribution in [-0.4, -0.2) is 95.2 Å². The van der Waals surface area contributed by atoms with Gasteiger partial charge in [-0.1, -0.05) is 0 Å². The van der Waals surface area contributed by atoms with Crippen molar-refractivity contribution in [3.8, 4) is 11.5 Å². The molecule has 1 aromatic carbocycles. The first kappa shape index (κ1) is 27.9. The molecule has 0 spiro atoms. The Balaban J connectivity index is 0.00000385. The fraction of sp³-hybridized carbons (Fsp3) is 0.708. The molecule has 0 radical (unpaired) electrons. The molecule has 0 saturated carbocycles. The van der Waals surface area contributed by atoms with E-state index in [4.69, 9.17) is 23.9 Å². The number of nitrogens with one attached hydrogen (secondary N) is 1. The zero-order valence-corrected chi connectivity index (χ0v) is 22.7. The molecule has 8 nitrogen and oxygen atoms in total. The topological polar surface area (TPSA) is 67.8 Å². The lowest BCUT2D eigenvalue weighted by atomic mass is 10.1. The summed E-state index contributed by atoms with van der Waals surface area (Å²) >= 11 is 0. The van der Waals surface area contributed by atoms with Crippen LogP contribution < -0.4 is 14.8 Å². The minimum Gasteiger partial charge on any atom is -0.497 e. The standard InChI is InChI=1S/C24H40N4O4.HI/c1-4-25-24(26-10-6-15-31-19-22-7-5-16-32-22)28-13-11-27(12-14-28)18-20-17-21(29-2)8-9-23(20)30-3;/h8-9,17,22H,4-7,10-16,18-19H2,1-3H3,(H,25,26);1H. The summed E-state index contributed by atoms with van der Waals surface area (Å²) in [5, 5.41) is 3.45. The summed E-state index contributed by atoms with van der Waals surface area (Å²) in [5.74, 6) is 2.77. The predicted molar refractivity (Wildman–Crippen MR) is 142 cm³/mol. The molecular weight excluding hydrogens is 535 g/mol. The Hall–Kier alpha value is -1.30. The first-order valence-electron chi connectivity index (χ1n) is 11.9. The second-order valence-electron chi connectivity index (χ2n) is 8.24. The number of hydrogen-bond donors (Lipinski definition) is 1. The highest BCUT2D eigenvalue weighted by atomic mass is 127. The summed E-state index contributed by atoms with van der Waals surface area (Å²) in [5.41, 5.74) is 1.16. The number of nitrogens with zero attached hydrogens (tertiary/aromatic N) is 3. The molecule has 0 aliphatic carbocycles. The molecule has 0 bridgehead atoms. The molecule has 1 N–H and O–H groups in total. The second-order valence-corrected chi connectivity index (χ2v) is 8.24. The number of rotatable bonds is 11. The van der Waals surface area contributed by atoms with E-state index >= 15 is 0 Å². The minimum absolute atomic E-state index is 0. The van der Waals surface area contributed by atoms with Crippen LogP contribution in [0.3, 0.4) is 0 Å². The minimum atomic E-state index is 0. The average Bonchev–Trinajstić information content (AvgIpc) is 3.34. The lowest BCUT2D eigenvalue weighted by molar-refractivity contribution is 0.0170. The van der Waals surface area contributed by atoms with Crippen molar-refractivity contribution >= 4 is 29.9 Å².